The highest BCUT2D eigenvalue weighted by Crippen LogP contribution is 2.39. The van der Waals surface area contributed by atoms with E-state index in [1.807, 2.05) is 30.5 Å². The van der Waals surface area contributed by atoms with Crippen molar-refractivity contribution in [1.82, 2.24) is 4.57 Å². The minimum absolute atomic E-state index is 0.0255. The van der Waals surface area contributed by atoms with Crippen molar-refractivity contribution in [3.8, 4) is 22.8 Å². The zero-order valence-corrected chi connectivity index (χ0v) is 20.7. The van der Waals surface area contributed by atoms with E-state index in [9.17, 15) is 9.59 Å². The van der Waals surface area contributed by atoms with Gasteiger partial charge in [0.25, 0.3) is 0 Å². The number of nitrogens with zero attached hydrogens (tertiary/aromatic N) is 1. The van der Waals surface area contributed by atoms with Crippen LogP contribution < -0.4 is 14.9 Å². The fourth-order valence-electron chi connectivity index (χ4n) is 3.68. The van der Waals surface area contributed by atoms with Gasteiger partial charge in [-0.1, -0.05) is 34.1 Å². The first-order chi connectivity index (χ1) is 16.0. The quantitative estimate of drug-likeness (QED) is 0.594. The summed E-state index contributed by atoms with van der Waals surface area (Å²) in [7, 11) is 1.60. The average molecular weight is 460 g/mol. The van der Waals surface area contributed by atoms with E-state index in [0.717, 1.165) is 29.7 Å². The summed E-state index contributed by atoms with van der Waals surface area (Å²) in [6, 6.07) is 5.38. The van der Waals surface area contributed by atoms with E-state index < -0.39 is 5.97 Å². The molecule has 4 rings (SSSR count). The van der Waals surface area contributed by atoms with Gasteiger partial charge in [0, 0.05) is 30.8 Å². The Bertz CT molecular complexity index is 975. The molecule has 1 unspecified atom stereocenters. The number of ether oxygens (including phenoxy) is 4. The van der Waals surface area contributed by atoms with Crippen LogP contribution in [0.1, 0.15) is 63.4 Å². The molecule has 0 radical (unpaired) electrons. The van der Waals surface area contributed by atoms with Crippen LogP contribution in [0.4, 0.5) is 0 Å². The van der Waals surface area contributed by atoms with Gasteiger partial charge in [-0.05, 0) is 31.0 Å². The maximum Gasteiger partial charge on any atom is 0.343 e. The van der Waals surface area contributed by atoms with Crippen molar-refractivity contribution in [2.24, 2.45) is 0 Å². The number of aryl methyl sites for hydroxylation is 2. The molecule has 1 saturated heterocycles. The first-order valence-corrected chi connectivity index (χ1v) is 11.9. The van der Waals surface area contributed by atoms with E-state index in [0.29, 0.717) is 31.3 Å². The standard InChI is InChI=1S/C21H23NO6.C3H8.C2H6/c1-3-27-21(24)16-11-22-6-4-13-8-20(28-14-5-7-26-12-14)19(25-2)9-15(13)17(22)10-18(16)23;1-3-2;1-2/h8-11,14H,3-7,12H2,1-2H3;3H2,1-2H3;1-2H3. The summed E-state index contributed by atoms with van der Waals surface area (Å²) in [5.41, 5.74) is 2.46. The summed E-state index contributed by atoms with van der Waals surface area (Å²) in [5.74, 6) is 0.713. The van der Waals surface area contributed by atoms with Gasteiger partial charge in [0.15, 0.2) is 16.9 Å². The molecule has 0 N–H and O–H groups in total. The second kappa shape index (κ2) is 13.0. The molecule has 0 saturated carbocycles. The van der Waals surface area contributed by atoms with Gasteiger partial charge in [-0.2, -0.15) is 0 Å². The highest BCUT2D eigenvalue weighted by atomic mass is 16.6. The number of aromatic nitrogens is 1. The lowest BCUT2D eigenvalue weighted by molar-refractivity contribution is 0.0524. The number of carbonyl (C=O) groups is 1. The van der Waals surface area contributed by atoms with Gasteiger partial charge in [-0.15, -0.1) is 0 Å². The molecule has 1 atom stereocenters. The molecule has 2 aliphatic heterocycles. The molecule has 0 aliphatic carbocycles. The normalized spacial score (nSPS) is 15.6. The molecule has 2 aliphatic rings. The third-order valence-electron chi connectivity index (χ3n) is 5.09. The van der Waals surface area contributed by atoms with Crippen LogP contribution in [0.5, 0.6) is 11.5 Å². The maximum absolute atomic E-state index is 12.5. The van der Waals surface area contributed by atoms with E-state index in [1.165, 1.54) is 12.5 Å². The van der Waals surface area contributed by atoms with Gasteiger partial charge in [0.1, 0.15) is 11.7 Å². The Morgan fingerprint density at radius 1 is 1.15 bits per heavy atom. The van der Waals surface area contributed by atoms with Crippen LogP contribution in [0.15, 0.2) is 29.2 Å². The van der Waals surface area contributed by atoms with Crippen LogP contribution in [0.3, 0.4) is 0 Å². The molecule has 0 amide bonds. The van der Waals surface area contributed by atoms with Crippen molar-refractivity contribution in [3.05, 3.63) is 45.7 Å². The number of methoxy groups -OCH3 is 1. The van der Waals surface area contributed by atoms with Crippen molar-refractivity contribution < 1.29 is 23.7 Å². The molecule has 3 heterocycles. The zero-order chi connectivity index (χ0) is 24.4. The predicted octanol–water partition coefficient (Wildman–Crippen LogP) is 4.87. The van der Waals surface area contributed by atoms with Crippen molar-refractivity contribution in [2.75, 3.05) is 26.9 Å². The SMILES string of the molecule is CC.CCC.CCOC(=O)c1cn2c(cc1=O)-c1cc(OC)c(OC3CCOC3)cc1CC2. The molecular formula is C26H37NO6. The third kappa shape index (κ3) is 6.38. The van der Waals surface area contributed by atoms with E-state index in [2.05, 4.69) is 13.8 Å². The predicted molar refractivity (Wildman–Crippen MR) is 130 cm³/mol. The summed E-state index contributed by atoms with van der Waals surface area (Å²) in [6.45, 7) is 12.1. The summed E-state index contributed by atoms with van der Waals surface area (Å²) >= 11 is 0. The Balaban J connectivity index is 0.000000714. The molecule has 1 aromatic carbocycles. The average Bonchev–Trinajstić information content (AvgIpc) is 3.33. The molecule has 7 heteroatoms. The van der Waals surface area contributed by atoms with Gasteiger partial charge in [-0.3, -0.25) is 4.79 Å². The molecule has 2 aromatic rings. The topological polar surface area (TPSA) is 76.0 Å². The number of hydrogen-bond acceptors (Lipinski definition) is 6. The number of hydrogen-bond donors (Lipinski definition) is 0. The maximum atomic E-state index is 12.5. The van der Waals surface area contributed by atoms with Crippen molar-refractivity contribution in [1.29, 1.82) is 0 Å². The molecule has 1 aromatic heterocycles. The second-order valence-electron chi connectivity index (χ2n) is 7.57. The van der Waals surface area contributed by atoms with Gasteiger partial charge in [0.05, 0.1) is 32.6 Å². The van der Waals surface area contributed by atoms with Crippen LogP contribution in [0, 0.1) is 0 Å². The van der Waals surface area contributed by atoms with Gasteiger partial charge in [0.2, 0.25) is 0 Å². The van der Waals surface area contributed by atoms with Crippen molar-refractivity contribution in [3.63, 3.8) is 0 Å². The minimum atomic E-state index is -0.589. The third-order valence-corrected chi connectivity index (χ3v) is 5.09. The van der Waals surface area contributed by atoms with E-state index in [4.69, 9.17) is 18.9 Å². The lowest BCUT2D eigenvalue weighted by Crippen LogP contribution is -2.23. The van der Waals surface area contributed by atoms with Gasteiger partial charge >= 0.3 is 5.97 Å². The molecule has 182 valence electrons. The smallest absolute Gasteiger partial charge is 0.343 e. The fourth-order valence-corrected chi connectivity index (χ4v) is 3.68. The summed E-state index contributed by atoms with van der Waals surface area (Å²) < 4.78 is 23.9. The van der Waals surface area contributed by atoms with Crippen molar-refractivity contribution in [2.45, 2.75) is 66.5 Å². The first kappa shape index (κ1) is 26.5. The second-order valence-corrected chi connectivity index (χ2v) is 7.57. The van der Waals surface area contributed by atoms with E-state index in [1.54, 1.807) is 20.2 Å². The molecular weight excluding hydrogens is 422 g/mol. The largest absolute Gasteiger partial charge is 0.493 e. The van der Waals surface area contributed by atoms with Crippen LogP contribution >= 0.6 is 0 Å². The number of benzene rings is 1. The van der Waals surface area contributed by atoms with Crippen molar-refractivity contribution >= 4 is 5.97 Å². The summed E-state index contributed by atoms with van der Waals surface area (Å²) in [6.07, 6.45) is 4.48. The number of carbonyl (C=O) groups excluding carboxylic acids is 1. The minimum Gasteiger partial charge on any atom is -0.493 e. The monoisotopic (exact) mass is 459 g/mol. The van der Waals surface area contributed by atoms with Crippen LogP contribution in [-0.2, 0) is 22.4 Å². The van der Waals surface area contributed by atoms with E-state index >= 15 is 0 Å². The molecule has 1 fully saturated rings. The number of fused-ring (bicyclic) bond motifs is 3. The summed E-state index contributed by atoms with van der Waals surface area (Å²) in [4.78, 5) is 24.5. The highest BCUT2D eigenvalue weighted by Gasteiger charge is 2.24. The van der Waals surface area contributed by atoms with E-state index in [-0.39, 0.29) is 23.7 Å². The Labute approximate surface area is 196 Å². The molecule has 0 bridgehead atoms. The van der Waals surface area contributed by atoms with Crippen LogP contribution in [0.2, 0.25) is 0 Å². The Morgan fingerprint density at radius 3 is 2.48 bits per heavy atom. The fraction of sp³-hybridized carbons (Fsp3) is 0.538. The van der Waals surface area contributed by atoms with Gasteiger partial charge in [-0.25, -0.2) is 4.79 Å². The number of pyridine rings is 1. The Hall–Kier alpha value is -2.80. The number of rotatable bonds is 5. The Kier molecular flexibility index (Phi) is 10.5. The van der Waals surface area contributed by atoms with Crippen LogP contribution in [-0.4, -0.2) is 43.6 Å². The lowest BCUT2D eigenvalue weighted by Gasteiger charge is -2.25. The summed E-state index contributed by atoms with van der Waals surface area (Å²) in [5, 5.41) is 0. The first-order valence-electron chi connectivity index (χ1n) is 11.9. The molecule has 7 nitrogen and oxygen atoms in total. The van der Waals surface area contributed by atoms with Gasteiger partial charge < -0.3 is 23.5 Å². The Morgan fingerprint density at radius 2 is 1.88 bits per heavy atom. The molecule has 33 heavy (non-hydrogen) atoms. The number of esters is 1. The lowest BCUT2D eigenvalue weighted by atomic mass is 9.96. The zero-order valence-electron chi connectivity index (χ0n) is 20.7. The van der Waals surface area contributed by atoms with Crippen LogP contribution in [0.25, 0.3) is 11.3 Å². The highest BCUT2D eigenvalue weighted by molar-refractivity contribution is 5.89. The molecule has 0 spiro atoms.